The van der Waals surface area contributed by atoms with Crippen molar-refractivity contribution in [1.29, 1.82) is 5.41 Å². The van der Waals surface area contributed by atoms with Crippen LogP contribution in [0.1, 0.15) is 18.1 Å². The first-order valence-electron chi connectivity index (χ1n) is 5.25. The molecule has 0 saturated carbocycles. The van der Waals surface area contributed by atoms with Gasteiger partial charge in [0, 0.05) is 29.2 Å². The molecule has 2 rings (SSSR count). The maximum atomic E-state index is 7.84. The lowest BCUT2D eigenvalue weighted by atomic mass is 9.96. The van der Waals surface area contributed by atoms with Gasteiger partial charge in [-0.15, -0.1) is 0 Å². The summed E-state index contributed by atoms with van der Waals surface area (Å²) in [7, 11) is 0. The summed E-state index contributed by atoms with van der Waals surface area (Å²) in [5, 5.41) is 7.84. The quantitative estimate of drug-likeness (QED) is 0.757. The van der Waals surface area contributed by atoms with Gasteiger partial charge in [0.1, 0.15) is 0 Å². The largest absolute Gasteiger partial charge is 0.305 e. The summed E-state index contributed by atoms with van der Waals surface area (Å²) < 4.78 is 0. The summed E-state index contributed by atoms with van der Waals surface area (Å²) in [4.78, 5) is 4.21. The Bertz CT molecular complexity index is 516. The maximum Gasteiger partial charge on any atom is 0.0365 e. The summed E-state index contributed by atoms with van der Waals surface area (Å²) in [6.45, 7) is 3.81. The van der Waals surface area contributed by atoms with E-state index in [0.717, 1.165) is 22.3 Å². The molecule has 1 heterocycles. The predicted molar refractivity (Wildman–Crippen MR) is 66.9 cm³/mol. The highest BCUT2D eigenvalue weighted by atomic mass is 14.6. The average molecular weight is 210 g/mol. The van der Waals surface area contributed by atoms with E-state index < -0.39 is 0 Å². The van der Waals surface area contributed by atoms with E-state index in [2.05, 4.69) is 4.98 Å². The van der Waals surface area contributed by atoms with Crippen LogP contribution in [-0.4, -0.2) is 10.7 Å². The van der Waals surface area contributed by atoms with Gasteiger partial charge in [0.05, 0.1) is 0 Å². The third-order valence-corrected chi connectivity index (χ3v) is 2.60. The maximum absolute atomic E-state index is 7.84. The monoisotopic (exact) mass is 210 g/mol. The van der Waals surface area contributed by atoms with Crippen LogP contribution in [0.5, 0.6) is 0 Å². The number of aryl methyl sites for hydroxylation is 1. The van der Waals surface area contributed by atoms with Crippen LogP contribution in [0, 0.1) is 12.3 Å². The van der Waals surface area contributed by atoms with Crippen molar-refractivity contribution < 1.29 is 0 Å². The normalized spacial score (nSPS) is 10.1. The number of rotatable bonds is 2. The summed E-state index contributed by atoms with van der Waals surface area (Å²) in [6, 6.07) is 10.1. The number of hydrogen-bond donors (Lipinski definition) is 1. The highest BCUT2D eigenvalue weighted by Crippen LogP contribution is 2.25. The number of nitrogens with one attached hydrogen (secondary N) is 1. The molecule has 1 N–H and O–H groups in total. The predicted octanol–water partition coefficient (Wildman–Crippen LogP) is 3.44. The van der Waals surface area contributed by atoms with Crippen molar-refractivity contribution in [3.05, 3.63) is 53.9 Å². The van der Waals surface area contributed by atoms with Gasteiger partial charge in [0.25, 0.3) is 0 Å². The summed E-state index contributed by atoms with van der Waals surface area (Å²) in [6.07, 6.45) is 3.63. The van der Waals surface area contributed by atoms with Crippen molar-refractivity contribution in [2.75, 3.05) is 0 Å². The SMILES string of the molecule is CC(=N)c1c(C)cncc1-c1ccccc1. The zero-order valence-corrected chi connectivity index (χ0v) is 9.49. The van der Waals surface area contributed by atoms with E-state index in [1.165, 1.54) is 0 Å². The molecule has 0 bridgehead atoms. The number of pyridine rings is 1. The Balaban J connectivity index is 2.66. The van der Waals surface area contributed by atoms with E-state index in [4.69, 9.17) is 5.41 Å². The van der Waals surface area contributed by atoms with Crippen LogP contribution < -0.4 is 0 Å². The summed E-state index contributed by atoms with van der Waals surface area (Å²) in [5.74, 6) is 0. The first-order chi connectivity index (χ1) is 7.70. The van der Waals surface area contributed by atoms with Gasteiger partial charge in [-0.25, -0.2) is 0 Å². The molecule has 80 valence electrons. The third kappa shape index (κ3) is 1.87. The van der Waals surface area contributed by atoms with Crippen LogP contribution in [-0.2, 0) is 0 Å². The standard InChI is InChI=1S/C14H14N2/c1-10-8-16-9-13(14(10)11(2)15)12-6-4-3-5-7-12/h3-9,15H,1-2H3. The molecule has 2 heteroatoms. The zero-order valence-electron chi connectivity index (χ0n) is 9.49. The molecule has 0 atom stereocenters. The number of aromatic nitrogens is 1. The van der Waals surface area contributed by atoms with Gasteiger partial charge >= 0.3 is 0 Å². The van der Waals surface area contributed by atoms with Crippen LogP contribution in [0.25, 0.3) is 11.1 Å². The third-order valence-electron chi connectivity index (χ3n) is 2.60. The lowest BCUT2D eigenvalue weighted by molar-refractivity contribution is 1.25. The minimum absolute atomic E-state index is 0.582. The molecule has 2 aromatic rings. The number of nitrogens with zero attached hydrogens (tertiary/aromatic N) is 1. The molecule has 1 aromatic carbocycles. The van der Waals surface area contributed by atoms with Gasteiger partial charge in [-0.05, 0) is 25.0 Å². The van der Waals surface area contributed by atoms with E-state index in [-0.39, 0.29) is 0 Å². The summed E-state index contributed by atoms with van der Waals surface area (Å²) >= 11 is 0. The van der Waals surface area contributed by atoms with E-state index in [0.29, 0.717) is 5.71 Å². The lowest BCUT2D eigenvalue weighted by Crippen LogP contribution is -2.00. The Morgan fingerprint density at radius 2 is 1.81 bits per heavy atom. The van der Waals surface area contributed by atoms with Gasteiger partial charge in [-0.1, -0.05) is 30.3 Å². The van der Waals surface area contributed by atoms with Crippen LogP contribution in [0.4, 0.5) is 0 Å². The molecule has 0 radical (unpaired) electrons. The topological polar surface area (TPSA) is 36.7 Å². The van der Waals surface area contributed by atoms with Crippen LogP contribution in [0.15, 0.2) is 42.7 Å². The molecule has 0 amide bonds. The zero-order chi connectivity index (χ0) is 11.5. The number of hydrogen-bond acceptors (Lipinski definition) is 2. The molecular formula is C14H14N2. The Hall–Kier alpha value is -1.96. The van der Waals surface area contributed by atoms with Crippen molar-refractivity contribution in [3.63, 3.8) is 0 Å². The van der Waals surface area contributed by atoms with Crippen molar-refractivity contribution in [3.8, 4) is 11.1 Å². The van der Waals surface area contributed by atoms with Crippen molar-refractivity contribution >= 4 is 5.71 Å². The van der Waals surface area contributed by atoms with E-state index in [1.807, 2.05) is 50.4 Å². The molecule has 0 aliphatic carbocycles. The fourth-order valence-electron chi connectivity index (χ4n) is 1.90. The van der Waals surface area contributed by atoms with Gasteiger partial charge in [-0.2, -0.15) is 0 Å². The van der Waals surface area contributed by atoms with Crippen LogP contribution in [0.3, 0.4) is 0 Å². The molecule has 0 fully saturated rings. The molecular weight excluding hydrogens is 196 g/mol. The molecule has 0 saturated heterocycles. The first kappa shape index (κ1) is 10.6. The van der Waals surface area contributed by atoms with Crippen LogP contribution >= 0.6 is 0 Å². The molecule has 2 nitrogen and oxygen atoms in total. The highest BCUT2D eigenvalue weighted by Gasteiger charge is 2.09. The Morgan fingerprint density at radius 3 is 2.44 bits per heavy atom. The Labute approximate surface area is 95.5 Å². The molecule has 0 unspecified atom stereocenters. The van der Waals surface area contributed by atoms with Crippen molar-refractivity contribution in [2.24, 2.45) is 0 Å². The van der Waals surface area contributed by atoms with Gasteiger partial charge < -0.3 is 5.41 Å². The first-order valence-corrected chi connectivity index (χ1v) is 5.25. The lowest BCUT2D eigenvalue weighted by Gasteiger charge is -2.10. The Kier molecular flexibility index (Phi) is 2.82. The minimum Gasteiger partial charge on any atom is -0.305 e. The van der Waals surface area contributed by atoms with Crippen LogP contribution in [0.2, 0.25) is 0 Å². The highest BCUT2D eigenvalue weighted by molar-refractivity contribution is 6.03. The van der Waals surface area contributed by atoms with E-state index in [9.17, 15) is 0 Å². The second kappa shape index (κ2) is 4.27. The molecule has 16 heavy (non-hydrogen) atoms. The van der Waals surface area contributed by atoms with E-state index in [1.54, 1.807) is 6.20 Å². The number of benzene rings is 1. The van der Waals surface area contributed by atoms with Gasteiger partial charge in [0.15, 0.2) is 0 Å². The molecule has 1 aromatic heterocycles. The summed E-state index contributed by atoms with van der Waals surface area (Å²) in [5.41, 5.74) is 4.77. The van der Waals surface area contributed by atoms with Crippen molar-refractivity contribution in [1.82, 2.24) is 4.98 Å². The van der Waals surface area contributed by atoms with E-state index >= 15 is 0 Å². The minimum atomic E-state index is 0.582. The molecule has 0 aliphatic rings. The second-order valence-corrected chi connectivity index (χ2v) is 3.87. The second-order valence-electron chi connectivity index (χ2n) is 3.87. The fourth-order valence-corrected chi connectivity index (χ4v) is 1.90. The van der Waals surface area contributed by atoms with Gasteiger partial charge in [-0.3, -0.25) is 4.98 Å². The van der Waals surface area contributed by atoms with Gasteiger partial charge in [0.2, 0.25) is 0 Å². The fraction of sp³-hybridized carbons (Fsp3) is 0.143. The smallest absolute Gasteiger partial charge is 0.0365 e. The average Bonchev–Trinajstić information content (AvgIpc) is 2.29. The Morgan fingerprint density at radius 1 is 1.12 bits per heavy atom. The molecule has 0 aliphatic heterocycles. The van der Waals surface area contributed by atoms with Crippen molar-refractivity contribution in [2.45, 2.75) is 13.8 Å². The molecule has 0 spiro atoms.